The third-order valence-electron chi connectivity index (χ3n) is 3.42. The Morgan fingerprint density at radius 3 is 2.23 bits per heavy atom. The van der Waals surface area contributed by atoms with Crippen molar-refractivity contribution in [2.45, 2.75) is 20.0 Å². The van der Waals surface area contributed by atoms with Gasteiger partial charge in [0, 0.05) is 17.5 Å². The van der Waals surface area contributed by atoms with Gasteiger partial charge in [0.25, 0.3) is 0 Å². The van der Waals surface area contributed by atoms with E-state index >= 15 is 0 Å². The summed E-state index contributed by atoms with van der Waals surface area (Å²) in [7, 11) is 0. The Morgan fingerprint density at radius 1 is 1.04 bits per heavy atom. The highest BCUT2D eigenvalue weighted by atomic mass is 35.5. The Hall–Kier alpha value is -2.92. The molecule has 0 spiro atoms. The number of carbonyl (C=O) groups is 3. The highest BCUT2D eigenvalue weighted by Crippen LogP contribution is 2.14. The minimum absolute atomic E-state index is 0.0422. The third kappa shape index (κ3) is 5.57. The summed E-state index contributed by atoms with van der Waals surface area (Å²) in [5, 5.41) is 2.94. The van der Waals surface area contributed by atoms with Crippen LogP contribution in [-0.4, -0.2) is 23.8 Å². The van der Waals surface area contributed by atoms with Gasteiger partial charge in [0.05, 0.1) is 0 Å². The molecule has 0 aliphatic heterocycles. The van der Waals surface area contributed by atoms with Crippen LogP contribution in [0.3, 0.4) is 0 Å². The van der Waals surface area contributed by atoms with Crippen LogP contribution in [0.25, 0.3) is 6.08 Å². The number of carbonyl (C=O) groups excluding carboxylic acids is 3. The van der Waals surface area contributed by atoms with Gasteiger partial charge in [-0.3, -0.25) is 9.59 Å². The summed E-state index contributed by atoms with van der Waals surface area (Å²) in [4.78, 5) is 36.2. The molecule has 2 aromatic rings. The van der Waals surface area contributed by atoms with Gasteiger partial charge in [-0.15, -0.1) is 0 Å². The molecule has 1 amide bonds. The van der Waals surface area contributed by atoms with Crippen molar-refractivity contribution in [3.8, 4) is 0 Å². The Kier molecular flexibility index (Phi) is 6.69. The smallest absolute Gasteiger partial charge is 0.355 e. The maximum Gasteiger partial charge on any atom is 0.355 e. The van der Waals surface area contributed by atoms with Crippen molar-refractivity contribution in [1.82, 2.24) is 5.32 Å². The molecule has 0 saturated carbocycles. The van der Waals surface area contributed by atoms with Gasteiger partial charge in [0.15, 0.2) is 6.10 Å². The number of amides is 1. The van der Waals surface area contributed by atoms with Gasteiger partial charge in [-0.05, 0) is 42.8 Å². The summed E-state index contributed by atoms with van der Waals surface area (Å²) >= 11 is 5.80. The lowest BCUT2D eigenvalue weighted by Crippen LogP contribution is -2.31. The second-order valence-corrected chi connectivity index (χ2v) is 6.00. The number of ketones is 1. The molecule has 6 heteroatoms. The number of esters is 1. The average Bonchev–Trinajstić information content (AvgIpc) is 2.61. The van der Waals surface area contributed by atoms with Crippen LogP contribution in [0.5, 0.6) is 0 Å². The summed E-state index contributed by atoms with van der Waals surface area (Å²) < 4.78 is 5.23. The molecule has 0 aliphatic carbocycles. The lowest BCUT2D eigenvalue weighted by atomic mass is 10.1. The van der Waals surface area contributed by atoms with Crippen LogP contribution in [0.15, 0.2) is 60.3 Å². The van der Waals surface area contributed by atoms with Gasteiger partial charge in [0.2, 0.25) is 11.7 Å². The van der Waals surface area contributed by atoms with Crippen LogP contribution in [0, 0.1) is 0 Å². The summed E-state index contributed by atoms with van der Waals surface area (Å²) in [5.41, 5.74) is 1.05. The number of rotatable bonds is 6. The highest BCUT2D eigenvalue weighted by Gasteiger charge is 2.22. The molecule has 0 fully saturated rings. The average molecular weight is 372 g/mol. The molecule has 1 N–H and O–H groups in total. The van der Waals surface area contributed by atoms with Gasteiger partial charge in [-0.1, -0.05) is 41.9 Å². The Labute approximate surface area is 156 Å². The summed E-state index contributed by atoms with van der Waals surface area (Å²) in [6.45, 7) is 2.76. The lowest BCUT2D eigenvalue weighted by molar-refractivity contribution is -0.142. The predicted molar refractivity (Wildman–Crippen MR) is 99.6 cm³/mol. The van der Waals surface area contributed by atoms with E-state index in [0.29, 0.717) is 16.1 Å². The molecule has 0 aromatic heterocycles. The number of nitrogens with one attached hydrogen (secondary N) is 1. The first-order chi connectivity index (χ1) is 12.4. The van der Waals surface area contributed by atoms with Gasteiger partial charge in [-0.25, -0.2) is 4.79 Å². The van der Waals surface area contributed by atoms with Crippen LogP contribution in [0.2, 0.25) is 5.02 Å². The van der Waals surface area contributed by atoms with E-state index in [1.54, 1.807) is 48.5 Å². The molecule has 0 unspecified atom stereocenters. The highest BCUT2D eigenvalue weighted by molar-refractivity contribution is 6.30. The third-order valence-corrected chi connectivity index (χ3v) is 3.67. The Morgan fingerprint density at radius 2 is 1.65 bits per heavy atom. The second-order valence-electron chi connectivity index (χ2n) is 5.57. The van der Waals surface area contributed by atoms with E-state index in [1.807, 2.05) is 6.07 Å². The summed E-state index contributed by atoms with van der Waals surface area (Å²) in [6.07, 6.45) is 0.472. The first kappa shape index (κ1) is 19.4. The van der Waals surface area contributed by atoms with Crippen molar-refractivity contribution < 1.29 is 19.1 Å². The van der Waals surface area contributed by atoms with Crippen LogP contribution in [0.1, 0.15) is 29.8 Å². The molecule has 2 rings (SSSR count). The Balaban J connectivity index is 2.15. The van der Waals surface area contributed by atoms with Crippen molar-refractivity contribution in [1.29, 1.82) is 0 Å². The number of benzene rings is 2. The zero-order valence-electron chi connectivity index (χ0n) is 14.4. The molecule has 2 aromatic carbocycles. The van der Waals surface area contributed by atoms with Crippen LogP contribution in [0.4, 0.5) is 0 Å². The molecule has 0 heterocycles. The van der Waals surface area contributed by atoms with E-state index in [-0.39, 0.29) is 11.5 Å². The molecule has 0 saturated heterocycles. The van der Waals surface area contributed by atoms with E-state index < -0.39 is 18.0 Å². The monoisotopic (exact) mass is 371 g/mol. The maximum atomic E-state index is 12.4. The lowest BCUT2D eigenvalue weighted by Gasteiger charge is -2.14. The number of ether oxygens (including phenoxy) is 1. The maximum absolute atomic E-state index is 12.4. The van der Waals surface area contributed by atoms with Gasteiger partial charge < -0.3 is 10.1 Å². The standard InChI is InChI=1S/C20H18ClNO4/c1-13(19(24)16-8-10-17(21)11-9-16)26-20(25)18(22-14(2)23)12-15-6-4-3-5-7-15/h3-13H,1-2H3,(H,22,23)/b18-12-/t13-/m1/s1. The summed E-state index contributed by atoms with van der Waals surface area (Å²) in [5.74, 6) is -1.57. The second kappa shape index (κ2) is 8.97. The van der Waals surface area contributed by atoms with Gasteiger partial charge >= 0.3 is 5.97 Å². The van der Waals surface area contributed by atoms with Crippen LogP contribution >= 0.6 is 11.6 Å². The zero-order valence-corrected chi connectivity index (χ0v) is 15.1. The fraction of sp³-hybridized carbons (Fsp3) is 0.150. The minimum atomic E-state index is -1.02. The number of halogens is 1. The number of Topliss-reactive ketones (excluding diaryl/α,β-unsaturated/α-hetero) is 1. The number of hydrogen-bond acceptors (Lipinski definition) is 4. The number of hydrogen-bond donors (Lipinski definition) is 1. The fourth-order valence-electron chi connectivity index (χ4n) is 2.18. The van der Waals surface area contributed by atoms with Crippen molar-refractivity contribution in [2.24, 2.45) is 0 Å². The predicted octanol–water partition coefficient (Wildman–Crippen LogP) is 3.63. The molecule has 0 radical (unpaired) electrons. The molecular formula is C20H18ClNO4. The van der Waals surface area contributed by atoms with Crippen molar-refractivity contribution in [3.63, 3.8) is 0 Å². The molecule has 26 heavy (non-hydrogen) atoms. The molecule has 1 atom stereocenters. The first-order valence-electron chi connectivity index (χ1n) is 7.92. The van der Waals surface area contributed by atoms with Crippen molar-refractivity contribution in [2.75, 3.05) is 0 Å². The van der Waals surface area contributed by atoms with E-state index in [1.165, 1.54) is 19.9 Å². The molecule has 0 bridgehead atoms. The van der Waals surface area contributed by atoms with E-state index in [0.717, 1.165) is 0 Å². The topological polar surface area (TPSA) is 72.5 Å². The fourth-order valence-corrected chi connectivity index (χ4v) is 2.30. The summed E-state index contributed by atoms with van der Waals surface area (Å²) in [6, 6.07) is 15.3. The van der Waals surface area contributed by atoms with Gasteiger partial charge in [0.1, 0.15) is 5.70 Å². The van der Waals surface area contributed by atoms with Gasteiger partial charge in [-0.2, -0.15) is 0 Å². The molecule has 0 aliphatic rings. The van der Waals surface area contributed by atoms with Crippen LogP contribution < -0.4 is 5.32 Å². The van der Waals surface area contributed by atoms with Crippen molar-refractivity contribution >= 4 is 35.3 Å². The van der Waals surface area contributed by atoms with Crippen molar-refractivity contribution in [3.05, 3.63) is 76.4 Å². The van der Waals surface area contributed by atoms with E-state index in [2.05, 4.69) is 5.32 Å². The quantitative estimate of drug-likeness (QED) is 0.478. The largest absolute Gasteiger partial charge is 0.450 e. The SMILES string of the molecule is CC(=O)N/C(=C\c1ccccc1)C(=O)O[C@H](C)C(=O)c1ccc(Cl)cc1. The first-order valence-corrected chi connectivity index (χ1v) is 8.29. The molecule has 134 valence electrons. The Bertz CT molecular complexity index is 829. The molecule has 5 nitrogen and oxygen atoms in total. The van der Waals surface area contributed by atoms with E-state index in [4.69, 9.17) is 16.3 Å². The van der Waals surface area contributed by atoms with E-state index in [9.17, 15) is 14.4 Å². The minimum Gasteiger partial charge on any atom is -0.450 e. The van der Waals surface area contributed by atoms with Crippen LogP contribution in [-0.2, 0) is 14.3 Å². The zero-order chi connectivity index (χ0) is 19.1. The normalized spacial score (nSPS) is 12.2. The molecular weight excluding hydrogens is 354 g/mol.